The first kappa shape index (κ1) is 23.3. The lowest BCUT2D eigenvalue weighted by Gasteiger charge is -2.36. The van der Waals surface area contributed by atoms with Crippen LogP contribution in [0.15, 0.2) is 48.5 Å². The van der Waals surface area contributed by atoms with Gasteiger partial charge in [0.05, 0.1) is 15.7 Å². The van der Waals surface area contributed by atoms with Gasteiger partial charge in [0.2, 0.25) is 0 Å². The van der Waals surface area contributed by atoms with Gasteiger partial charge in [0.15, 0.2) is 0 Å². The van der Waals surface area contributed by atoms with Gasteiger partial charge in [-0.05, 0) is 31.0 Å². The number of aromatic nitrogens is 2. The van der Waals surface area contributed by atoms with Crippen molar-refractivity contribution in [1.29, 1.82) is 0 Å². The molecule has 2 aromatic carbocycles. The van der Waals surface area contributed by atoms with Gasteiger partial charge in [-0.3, -0.25) is 0 Å². The minimum absolute atomic E-state index is 0.206. The van der Waals surface area contributed by atoms with Crippen molar-refractivity contribution < 1.29 is 4.79 Å². The Hall–Kier alpha value is -2.83. The van der Waals surface area contributed by atoms with Gasteiger partial charge in [-0.2, -0.15) is 0 Å². The van der Waals surface area contributed by atoms with Crippen LogP contribution < -0.4 is 10.2 Å². The summed E-state index contributed by atoms with van der Waals surface area (Å²) in [5, 5.41) is 3.69. The number of amides is 2. The summed E-state index contributed by atoms with van der Waals surface area (Å²) in [5.41, 5.74) is 3.91. The Morgan fingerprint density at radius 3 is 2.27 bits per heavy atom. The van der Waals surface area contributed by atoms with E-state index in [2.05, 4.69) is 41.4 Å². The normalized spacial score (nSPS) is 13.8. The minimum Gasteiger partial charge on any atom is -0.353 e. The lowest BCUT2D eigenvalue weighted by Crippen LogP contribution is -2.50. The molecule has 4 rings (SSSR count). The topological polar surface area (TPSA) is 61.4 Å². The first-order valence-electron chi connectivity index (χ1n) is 11.1. The summed E-state index contributed by atoms with van der Waals surface area (Å²) in [7, 11) is 0. The third kappa shape index (κ3) is 5.40. The second-order valence-corrected chi connectivity index (χ2v) is 8.85. The number of anilines is 2. The molecule has 0 aliphatic carbocycles. The largest absolute Gasteiger partial charge is 0.353 e. The third-order valence-corrected chi connectivity index (χ3v) is 6.43. The van der Waals surface area contributed by atoms with Crippen molar-refractivity contribution in [3.8, 4) is 0 Å². The van der Waals surface area contributed by atoms with E-state index in [4.69, 9.17) is 33.2 Å². The maximum Gasteiger partial charge on any atom is 0.322 e. The molecule has 1 aromatic heterocycles. The van der Waals surface area contributed by atoms with Crippen molar-refractivity contribution in [1.82, 2.24) is 14.9 Å². The van der Waals surface area contributed by atoms with Gasteiger partial charge in [0.25, 0.3) is 0 Å². The number of rotatable bonds is 5. The molecule has 6 nitrogen and oxygen atoms in total. The van der Waals surface area contributed by atoms with Gasteiger partial charge in [-0.1, -0.05) is 66.5 Å². The Bertz CT molecular complexity index is 1110. The number of halogens is 2. The molecule has 172 valence electrons. The van der Waals surface area contributed by atoms with Crippen LogP contribution in [0, 0.1) is 6.92 Å². The van der Waals surface area contributed by atoms with E-state index in [1.165, 1.54) is 5.56 Å². The number of para-hydroxylation sites is 1. The number of urea groups is 1. The van der Waals surface area contributed by atoms with Crippen LogP contribution >= 0.6 is 23.2 Å². The van der Waals surface area contributed by atoms with Crippen LogP contribution in [0.4, 0.5) is 16.3 Å². The second-order valence-electron chi connectivity index (χ2n) is 8.04. The van der Waals surface area contributed by atoms with Crippen molar-refractivity contribution in [3.63, 3.8) is 0 Å². The van der Waals surface area contributed by atoms with E-state index in [9.17, 15) is 4.79 Å². The van der Waals surface area contributed by atoms with Gasteiger partial charge in [0.1, 0.15) is 11.6 Å². The van der Waals surface area contributed by atoms with Gasteiger partial charge in [-0.15, -0.1) is 0 Å². The van der Waals surface area contributed by atoms with E-state index in [-0.39, 0.29) is 6.03 Å². The summed E-state index contributed by atoms with van der Waals surface area (Å²) in [5.74, 6) is 1.74. The number of piperazine rings is 1. The lowest BCUT2D eigenvalue weighted by atomic mass is 10.0. The molecule has 3 aromatic rings. The first-order chi connectivity index (χ1) is 16.0. The molecule has 1 aliphatic heterocycles. The van der Waals surface area contributed by atoms with E-state index in [0.717, 1.165) is 35.7 Å². The molecule has 0 spiro atoms. The molecular formula is C25H27Cl2N5O. The molecule has 1 saturated heterocycles. The molecule has 2 heterocycles. The number of hydrogen-bond donors (Lipinski definition) is 1. The summed E-state index contributed by atoms with van der Waals surface area (Å²) >= 11 is 12.4. The fourth-order valence-corrected chi connectivity index (χ4v) is 4.59. The molecule has 0 bridgehead atoms. The second kappa shape index (κ2) is 10.4. The monoisotopic (exact) mass is 483 g/mol. The van der Waals surface area contributed by atoms with Crippen molar-refractivity contribution in [2.75, 3.05) is 36.4 Å². The summed E-state index contributed by atoms with van der Waals surface area (Å²) in [4.78, 5) is 26.4. The molecule has 0 radical (unpaired) electrons. The third-order valence-electron chi connectivity index (χ3n) is 5.80. The van der Waals surface area contributed by atoms with Crippen LogP contribution in [0.2, 0.25) is 10.0 Å². The number of hydrogen-bond acceptors (Lipinski definition) is 4. The van der Waals surface area contributed by atoms with Crippen LogP contribution in [0.25, 0.3) is 0 Å². The van der Waals surface area contributed by atoms with Crippen LogP contribution in [-0.4, -0.2) is 47.1 Å². The van der Waals surface area contributed by atoms with E-state index in [0.29, 0.717) is 41.9 Å². The Labute approximate surface area is 204 Å². The van der Waals surface area contributed by atoms with Crippen LogP contribution in [0.1, 0.15) is 29.6 Å². The maximum absolute atomic E-state index is 12.8. The highest BCUT2D eigenvalue weighted by atomic mass is 35.5. The average Bonchev–Trinajstić information content (AvgIpc) is 2.83. The zero-order chi connectivity index (χ0) is 23.4. The Morgan fingerprint density at radius 1 is 0.970 bits per heavy atom. The number of carbonyl (C=O) groups is 1. The molecule has 1 fully saturated rings. The number of aryl methyl sites for hydroxylation is 2. The molecule has 33 heavy (non-hydrogen) atoms. The van der Waals surface area contributed by atoms with Gasteiger partial charge in [-0.25, -0.2) is 14.8 Å². The molecule has 2 amide bonds. The van der Waals surface area contributed by atoms with Crippen LogP contribution in [-0.2, 0) is 12.8 Å². The maximum atomic E-state index is 12.8. The summed E-state index contributed by atoms with van der Waals surface area (Å²) < 4.78 is 0. The first-order valence-corrected chi connectivity index (χ1v) is 11.9. The lowest BCUT2D eigenvalue weighted by molar-refractivity contribution is 0.208. The van der Waals surface area contributed by atoms with Gasteiger partial charge in [0, 0.05) is 43.9 Å². The van der Waals surface area contributed by atoms with Gasteiger partial charge < -0.3 is 15.1 Å². The van der Waals surface area contributed by atoms with Crippen LogP contribution in [0.5, 0.6) is 0 Å². The Kier molecular flexibility index (Phi) is 7.36. The standard InChI is InChI=1S/C25H27Cl2N5O/c1-3-22-19(16-18-8-5-4-6-9-18)24(29-17(2)28-22)31-12-14-32(15-13-31)25(33)30-23-20(26)10-7-11-21(23)27/h4-11H,3,12-16H2,1-2H3,(H,30,33). The van der Waals surface area contributed by atoms with E-state index < -0.39 is 0 Å². The van der Waals surface area contributed by atoms with Crippen molar-refractivity contribution >= 4 is 40.7 Å². The molecule has 0 unspecified atom stereocenters. The predicted octanol–water partition coefficient (Wildman–Crippen LogP) is 5.60. The number of benzene rings is 2. The number of nitrogens with one attached hydrogen (secondary N) is 1. The van der Waals surface area contributed by atoms with E-state index in [1.807, 2.05) is 13.0 Å². The fourth-order valence-electron chi connectivity index (χ4n) is 4.10. The SMILES string of the molecule is CCc1nc(C)nc(N2CCN(C(=O)Nc3c(Cl)cccc3Cl)CC2)c1Cc1ccccc1. The van der Waals surface area contributed by atoms with E-state index >= 15 is 0 Å². The van der Waals surface area contributed by atoms with Crippen LogP contribution in [0.3, 0.4) is 0 Å². The average molecular weight is 484 g/mol. The molecule has 1 N–H and O–H groups in total. The molecule has 8 heteroatoms. The quantitative estimate of drug-likeness (QED) is 0.512. The Morgan fingerprint density at radius 2 is 1.64 bits per heavy atom. The fraction of sp³-hybridized carbons (Fsp3) is 0.320. The predicted molar refractivity (Wildman–Crippen MR) is 135 cm³/mol. The highest BCUT2D eigenvalue weighted by Crippen LogP contribution is 2.30. The number of carbonyl (C=O) groups excluding carboxylic acids is 1. The molecule has 0 saturated carbocycles. The molecule has 0 atom stereocenters. The van der Waals surface area contributed by atoms with Crippen molar-refractivity contribution in [2.24, 2.45) is 0 Å². The highest BCUT2D eigenvalue weighted by Gasteiger charge is 2.26. The van der Waals surface area contributed by atoms with Crippen molar-refractivity contribution in [2.45, 2.75) is 26.7 Å². The zero-order valence-corrected chi connectivity index (χ0v) is 20.3. The highest BCUT2D eigenvalue weighted by molar-refractivity contribution is 6.39. The Balaban J connectivity index is 1.50. The minimum atomic E-state index is -0.206. The van der Waals surface area contributed by atoms with E-state index in [1.54, 1.807) is 23.1 Å². The molecular weight excluding hydrogens is 457 g/mol. The van der Waals surface area contributed by atoms with Crippen molar-refractivity contribution in [3.05, 3.63) is 81.2 Å². The smallest absolute Gasteiger partial charge is 0.322 e. The number of nitrogens with zero attached hydrogens (tertiary/aromatic N) is 4. The molecule has 1 aliphatic rings. The summed E-state index contributed by atoms with van der Waals surface area (Å²) in [6.07, 6.45) is 1.63. The summed E-state index contributed by atoms with van der Waals surface area (Å²) in [6.45, 7) is 6.58. The zero-order valence-electron chi connectivity index (χ0n) is 18.8. The summed E-state index contributed by atoms with van der Waals surface area (Å²) in [6, 6.07) is 15.3. The van der Waals surface area contributed by atoms with Gasteiger partial charge >= 0.3 is 6.03 Å².